The van der Waals surface area contributed by atoms with E-state index in [1.165, 1.54) is 0 Å². The highest BCUT2D eigenvalue weighted by molar-refractivity contribution is 5.98. The fourth-order valence-corrected chi connectivity index (χ4v) is 3.17. The smallest absolute Gasteiger partial charge is 0.254 e. The minimum absolute atomic E-state index is 0.0149. The number of ether oxygens (including phenoxy) is 1. The van der Waals surface area contributed by atoms with E-state index in [0.29, 0.717) is 31.1 Å². The molecule has 1 atom stereocenters. The van der Waals surface area contributed by atoms with Crippen LogP contribution >= 0.6 is 0 Å². The van der Waals surface area contributed by atoms with Crippen molar-refractivity contribution >= 4 is 22.6 Å². The number of nitrogens with zero attached hydrogens (tertiary/aromatic N) is 4. The molecule has 0 saturated carbocycles. The van der Waals surface area contributed by atoms with Crippen molar-refractivity contribution in [3.63, 3.8) is 0 Å². The highest BCUT2D eigenvalue weighted by atomic mass is 16.5. The highest BCUT2D eigenvalue weighted by Gasteiger charge is 2.28. The first kappa shape index (κ1) is 16.4. The molecule has 1 saturated heterocycles. The van der Waals surface area contributed by atoms with Gasteiger partial charge in [0.15, 0.2) is 0 Å². The minimum atomic E-state index is -0.300. The van der Waals surface area contributed by atoms with Gasteiger partial charge in [-0.2, -0.15) is 0 Å². The number of hydrogen-bond donors (Lipinski definition) is 1. The molecule has 4 rings (SSSR count). The van der Waals surface area contributed by atoms with Crippen LogP contribution in [0.5, 0.6) is 0 Å². The van der Waals surface area contributed by atoms with E-state index in [4.69, 9.17) is 4.74 Å². The van der Waals surface area contributed by atoms with Gasteiger partial charge >= 0.3 is 0 Å². The molecule has 0 bridgehead atoms. The van der Waals surface area contributed by atoms with Crippen molar-refractivity contribution in [2.24, 2.45) is 0 Å². The van der Waals surface area contributed by atoms with Gasteiger partial charge in [0.25, 0.3) is 5.91 Å². The number of pyridine rings is 1. The van der Waals surface area contributed by atoms with E-state index < -0.39 is 0 Å². The summed E-state index contributed by atoms with van der Waals surface area (Å²) in [4.78, 5) is 27.7. The normalized spacial score (nSPS) is 17.3. The van der Waals surface area contributed by atoms with Gasteiger partial charge in [-0.3, -0.25) is 14.8 Å². The molecular weight excluding hydrogens is 330 g/mol. The second-order valence-corrected chi connectivity index (χ2v) is 6.06. The zero-order valence-corrected chi connectivity index (χ0v) is 14.4. The highest BCUT2D eigenvalue weighted by Crippen LogP contribution is 2.26. The number of morpholine rings is 1. The van der Waals surface area contributed by atoms with Gasteiger partial charge < -0.3 is 15.0 Å². The Hall–Kier alpha value is -3.06. The largest absolute Gasteiger partial charge is 0.372 e. The Morgan fingerprint density at radius 2 is 2.08 bits per heavy atom. The molecule has 132 valence electrons. The zero-order chi connectivity index (χ0) is 17.9. The molecule has 7 heteroatoms. The molecule has 1 N–H and O–H groups in total. The molecule has 1 aliphatic rings. The maximum atomic E-state index is 13.0. The van der Waals surface area contributed by atoms with E-state index in [-0.39, 0.29) is 12.0 Å². The Morgan fingerprint density at radius 1 is 1.19 bits per heavy atom. The fourth-order valence-electron chi connectivity index (χ4n) is 3.17. The molecule has 0 spiro atoms. The average Bonchev–Trinajstić information content (AvgIpc) is 2.73. The third kappa shape index (κ3) is 3.09. The van der Waals surface area contributed by atoms with Crippen molar-refractivity contribution in [3.05, 3.63) is 60.2 Å². The van der Waals surface area contributed by atoms with Crippen LogP contribution in [0.1, 0.15) is 22.2 Å². The van der Waals surface area contributed by atoms with Crippen LogP contribution in [0.25, 0.3) is 10.9 Å². The SMILES string of the molecule is CNc1nccnc1[C@H]1CN(C(=O)c2ccc3ncccc3c2)CCO1. The summed E-state index contributed by atoms with van der Waals surface area (Å²) >= 11 is 0. The van der Waals surface area contributed by atoms with Gasteiger partial charge in [-0.1, -0.05) is 6.07 Å². The van der Waals surface area contributed by atoms with Crippen LogP contribution in [-0.4, -0.2) is 52.5 Å². The molecule has 1 amide bonds. The molecule has 1 fully saturated rings. The lowest BCUT2D eigenvalue weighted by atomic mass is 10.1. The Bertz CT molecular complexity index is 946. The summed E-state index contributed by atoms with van der Waals surface area (Å²) in [6.45, 7) is 1.46. The molecule has 1 aliphatic heterocycles. The summed E-state index contributed by atoms with van der Waals surface area (Å²) in [5, 5.41) is 3.98. The Balaban J connectivity index is 1.57. The summed E-state index contributed by atoms with van der Waals surface area (Å²) < 4.78 is 5.85. The lowest BCUT2D eigenvalue weighted by Gasteiger charge is -2.33. The van der Waals surface area contributed by atoms with Crippen LogP contribution in [0.4, 0.5) is 5.82 Å². The van der Waals surface area contributed by atoms with Crippen molar-refractivity contribution in [3.8, 4) is 0 Å². The van der Waals surface area contributed by atoms with Crippen LogP contribution in [0.15, 0.2) is 48.9 Å². The molecule has 7 nitrogen and oxygen atoms in total. The van der Waals surface area contributed by atoms with Gasteiger partial charge in [-0.05, 0) is 24.3 Å². The number of aromatic nitrogens is 3. The molecule has 1 aromatic carbocycles. The fraction of sp³-hybridized carbons (Fsp3) is 0.263. The quantitative estimate of drug-likeness (QED) is 0.781. The van der Waals surface area contributed by atoms with Gasteiger partial charge in [-0.15, -0.1) is 0 Å². The number of anilines is 1. The van der Waals surface area contributed by atoms with Crippen molar-refractivity contribution < 1.29 is 9.53 Å². The maximum Gasteiger partial charge on any atom is 0.254 e. The van der Waals surface area contributed by atoms with Crippen LogP contribution in [0.3, 0.4) is 0 Å². The van der Waals surface area contributed by atoms with Crippen molar-refractivity contribution in [1.29, 1.82) is 0 Å². The topological polar surface area (TPSA) is 80.2 Å². The van der Waals surface area contributed by atoms with Gasteiger partial charge in [-0.25, -0.2) is 4.98 Å². The number of nitrogens with one attached hydrogen (secondary N) is 1. The molecular formula is C19H19N5O2. The molecule has 0 radical (unpaired) electrons. The van der Waals surface area contributed by atoms with Crippen molar-refractivity contribution in [1.82, 2.24) is 19.9 Å². The number of amides is 1. The Morgan fingerprint density at radius 3 is 2.96 bits per heavy atom. The molecule has 0 aliphatic carbocycles. The third-order valence-corrected chi connectivity index (χ3v) is 4.47. The number of benzene rings is 1. The number of rotatable bonds is 3. The first-order valence-electron chi connectivity index (χ1n) is 8.50. The molecule has 3 heterocycles. The molecule has 0 unspecified atom stereocenters. The summed E-state index contributed by atoms with van der Waals surface area (Å²) in [5.41, 5.74) is 2.25. The third-order valence-electron chi connectivity index (χ3n) is 4.47. The van der Waals surface area contributed by atoms with Crippen LogP contribution in [-0.2, 0) is 4.74 Å². The van der Waals surface area contributed by atoms with Crippen LogP contribution in [0, 0.1) is 0 Å². The predicted octanol–water partition coefficient (Wildman–Crippen LogP) is 2.28. The molecule has 3 aromatic rings. The standard InChI is InChI=1S/C19H19N5O2/c1-20-18-17(22-7-8-23-18)16-12-24(9-10-26-16)19(25)14-4-5-15-13(11-14)3-2-6-21-15/h2-8,11,16H,9-10,12H2,1H3,(H,20,23)/t16-/m1/s1. The van der Waals surface area contributed by atoms with E-state index in [9.17, 15) is 4.79 Å². The van der Waals surface area contributed by atoms with E-state index in [0.717, 1.165) is 16.6 Å². The van der Waals surface area contributed by atoms with Crippen LogP contribution < -0.4 is 5.32 Å². The van der Waals surface area contributed by atoms with E-state index in [2.05, 4.69) is 20.3 Å². The predicted molar refractivity (Wildman–Crippen MR) is 97.9 cm³/mol. The summed E-state index contributed by atoms with van der Waals surface area (Å²) in [6.07, 6.45) is 4.71. The van der Waals surface area contributed by atoms with Crippen LogP contribution in [0.2, 0.25) is 0 Å². The maximum absolute atomic E-state index is 13.0. The monoisotopic (exact) mass is 349 g/mol. The summed E-state index contributed by atoms with van der Waals surface area (Å²) in [6, 6.07) is 9.41. The van der Waals surface area contributed by atoms with Crippen molar-refractivity contribution in [2.45, 2.75) is 6.10 Å². The van der Waals surface area contributed by atoms with E-state index in [1.807, 2.05) is 30.3 Å². The summed E-state index contributed by atoms with van der Waals surface area (Å²) in [7, 11) is 1.79. The zero-order valence-electron chi connectivity index (χ0n) is 14.4. The Labute approximate surface area is 151 Å². The second-order valence-electron chi connectivity index (χ2n) is 6.06. The van der Waals surface area contributed by atoms with Gasteiger partial charge in [0, 0.05) is 43.1 Å². The number of fused-ring (bicyclic) bond motifs is 1. The van der Waals surface area contributed by atoms with Gasteiger partial charge in [0.05, 0.1) is 18.7 Å². The first-order chi connectivity index (χ1) is 12.8. The number of hydrogen-bond acceptors (Lipinski definition) is 6. The lowest BCUT2D eigenvalue weighted by Crippen LogP contribution is -2.42. The van der Waals surface area contributed by atoms with E-state index >= 15 is 0 Å². The first-order valence-corrected chi connectivity index (χ1v) is 8.50. The van der Waals surface area contributed by atoms with Gasteiger partial charge in [0.2, 0.25) is 0 Å². The van der Waals surface area contributed by atoms with Gasteiger partial charge in [0.1, 0.15) is 17.6 Å². The average molecular weight is 349 g/mol. The van der Waals surface area contributed by atoms with E-state index in [1.54, 1.807) is 30.5 Å². The minimum Gasteiger partial charge on any atom is -0.372 e. The Kier molecular flexibility index (Phi) is 4.45. The second kappa shape index (κ2) is 7.05. The number of carbonyl (C=O) groups excluding carboxylic acids is 1. The van der Waals surface area contributed by atoms with Crippen molar-refractivity contribution in [2.75, 3.05) is 32.1 Å². The molecule has 26 heavy (non-hydrogen) atoms. The lowest BCUT2D eigenvalue weighted by molar-refractivity contribution is -0.0245. The molecule has 2 aromatic heterocycles. The summed E-state index contributed by atoms with van der Waals surface area (Å²) in [5.74, 6) is 0.655. The number of carbonyl (C=O) groups is 1.